The minimum Gasteiger partial charge on any atom is -0.484 e. The van der Waals surface area contributed by atoms with Crippen molar-refractivity contribution in [2.24, 2.45) is 0 Å². The number of aryl methyl sites for hydroxylation is 1. The number of anilines is 1. The molecule has 1 heterocycles. The van der Waals surface area contributed by atoms with Gasteiger partial charge in [-0.1, -0.05) is 18.2 Å². The summed E-state index contributed by atoms with van der Waals surface area (Å²) in [4.78, 5) is 25.7. The lowest BCUT2D eigenvalue weighted by atomic mass is 10.0. The van der Waals surface area contributed by atoms with Crippen LogP contribution < -0.4 is 15.0 Å². The van der Waals surface area contributed by atoms with E-state index in [4.69, 9.17) is 4.74 Å². The molecule has 1 unspecified atom stereocenters. The lowest BCUT2D eigenvalue weighted by Crippen LogP contribution is -2.49. The number of hydrogen-bond donors (Lipinski definition) is 1. The fourth-order valence-corrected chi connectivity index (χ4v) is 3.40. The molecule has 1 aliphatic rings. The van der Waals surface area contributed by atoms with Crippen LogP contribution in [0.3, 0.4) is 0 Å². The largest absolute Gasteiger partial charge is 0.484 e. The van der Waals surface area contributed by atoms with Crippen LogP contribution in [0.25, 0.3) is 0 Å². The predicted octanol–water partition coefficient (Wildman–Crippen LogP) is 3.50. The molecule has 28 heavy (non-hydrogen) atoms. The highest BCUT2D eigenvalue weighted by Crippen LogP contribution is 2.24. The van der Waals surface area contributed by atoms with Crippen LogP contribution in [0.5, 0.6) is 5.75 Å². The van der Waals surface area contributed by atoms with Crippen LogP contribution >= 0.6 is 0 Å². The fourth-order valence-electron chi connectivity index (χ4n) is 3.40. The first-order valence-corrected chi connectivity index (χ1v) is 9.46. The molecule has 0 aromatic heterocycles. The number of hydrogen-bond acceptors (Lipinski definition) is 4. The summed E-state index contributed by atoms with van der Waals surface area (Å²) in [5, 5.41) is 2.97. The van der Waals surface area contributed by atoms with E-state index in [9.17, 15) is 14.0 Å². The number of amides is 1. The molecule has 148 valence electrons. The Morgan fingerprint density at radius 1 is 1.25 bits per heavy atom. The molecule has 1 aliphatic heterocycles. The van der Waals surface area contributed by atoms with Gasteiger partial charge in [0.2, 0.25) is 0 Å². The van der Waals surface area contributed by atoms with Gasteiger partial charge in [0.25, 0.3) is 5.91 Å². The first kappa shape index (κ1) is 19.9. The second kappa shape index (κ2) is 8.87. The molecule has 0 aliphatic carbocycles. The Kier molecular flexibility index (Phi) is 6.29. The Hall–Kier alpha value is -2.89. The van der Waals surface area contributed by atoms with Gasteiger partial charge in [-0.2, -0.15) is 0 Å². The van der Waals surface area contributed by atoms with Crippen LogP contribution in [0.15, 0.2) is 42.5 Å². The van der Waals surface area contributed by atoms with Gasteiger partial charge in [-0.15, -0.1) is 0 Å². The molecule has 0 saturated carbocycles. The van der Waals surface area contributed by atoms with E-state index in [1.807, 2.05) is 17.9 Å². The highest BCUT2D eigenvalue weighted by molar-refractivity contribution is 5.94. The molecule has 1 amide bonds. The summed E-state index contributed by atoms with van der Waals surface area (Å²) in [5.41, 5.74) is 2.13. The van der Waals surface area contributed by atoms with Crippen molar-refractivity contribution < 1.29 is 18.7 Å². The third kappa shape index (κ3) is 5.09. The Balaban J connectivity index is 1.54. The van der Waals surface area contributed by atoms with Gasteiger partial charge in [-0.05, 0) is 56.5 Å². The van der Waals surface area contributed by atoms with Crippen LogP contribution in [0.2, 0.25) is 0 Å². The van der Waals surface area contributed by atoms with E-state index in [0.29, 0.717) is 23.5 Å². The summed E-state index contributed by atoms with van der Waals surface area (Å²) >= 11 is 0. The summed E-state index contributed by atoms with van der Waals surface area (Å²) in [5.74, 6) is -0.0495. The maximum absolute atomic E-state index is 14.2. The highest BCUT2D eigenvalue weighted by Gasteiger charge is 2.23. The van der Waals surface area contributed by atoms with Gasteiger partial charge < -0.3 is 15.0 Å². The van der Waals surface area contributed by atoms with Crippen LogP contribution in [0.1, 0.15) is 35.7 Å². The van der Waals surface area contributed by atoms with Crippen molar-refractivity contribution in [3.63, 3.8) is 0 Å². The second-order valence-corrected chi connectivity index (χ2v) is 7.18. The number of carbonyl (C=O) groups excluding carboxylic acids is 2. The van der Waals surface area contributed by atoms with E-state index in [-0.39, 0.29) is 30.2 Å². The Morgan fingerprint density at radius 3 is 2.86 bits per heavy atom. The SMILES string of the molecule is CC(=O)c1cccc(OCC(=O)NC2CCCN(c3cc(C)ccc3F)C2)c1. The van der Waals surface area contributed by atoms with Crippen LogP contribution in [0.4, 0.5) is 10.1 Å². The summed E-state index contributed by atoms with van der Waals surface area (Å²) in [6.07, 6.45) is 1.72. The van der Waals surface area contributed by atoms with Gasteiger partial charge in [-0.3, -0.25) is 9.59 Å². The van der Waals surface area contributed by atoms with E-state index >= 15 is 0 Å². The number of ketones is 1. The number of halogens is 1. The molecule has 5 nitrogen and oxygen atoms in total. The minimum absolute atomic E-state index is 0.0550. The topological polar surface area (TPSA) is 58.6 Å². The number of carbonyl (C=O) groups is 2. The van der Waals surface area contributed by atoms with E-state index in [1.54, 1.807) is 30.3 Å². The standard InChI is InChI=1S/C22H25FN2O3/c1-15-8-9-20(23)21(11-15)25-10-4-6-18(13-25)24-22(27)14-28-19-7-3-5-17(12-19)16(2)26/h3,5,7-9,11-12,18H,4,6,10,13-14H2,1-2H3,(H,24,27). The number of nitrogens with one attached hydrogen (secondary N) is 1. The van der Waals surface area contributed by atoms with Crippen molar-refractivity contribution in [3.8, 4) is 5.75 Å². The molecule has 1 N–H and O–H groups in total. The molecule has 3 rings (SSSR count). The highest BCUT2D eigenvalue weighted by atomic mass is 19.1. The average molecular weight is 384 g/mol. The molecular formula is C22H25FN2O3. The van der Waals surface area contributed by atoms with Crippen LogP contribution in [0, 0.1) is 12.7 Å². The van der Waals surface area contributed by atoms with Gasteiger partial charge in [-0.25, -0.2) is 4.39 Å². The van der Waals surface area contributed by atoms with E-state index in [0.717, 1.165) is 24.9 Å². The predicted molar refractivity (Wildman–Crippen MR) is 106 cm³/mol. The fraction of sp³-hybridized carbons (Fsp3) is 0.364. The zero-order valence-corrected chi connectivity index (χ0v) is 16.2. The van der Waals surface area contributed by atoms with Crippen molar-refractivity contribution in [1.29, 1.82) is 0 Å². The molecule has 1 saturated heterocycles. The van der Waals surface area contributed by atoms with Crippen molar-refractivity contribution in [2.75, 3.05) is 24.6 Å². The van der Waals surface area contributed by atoms with Gasteiger partial charge in [0.05, 0.1) is 5.69 Å². The third-order valence-electron chi connectivity index (χ3n) is 4.84. The van der Waals surface area contributed by atoms with E-state index in [2.05, 4.69) is 5.32 Å². The first-order valence-electron chi connectivity index (χ1n) is 9.46. The second-order valence-electron chi connectivity index (χ2n) is 7.18. The summed E-state index contributed by atoms with van der Waals surface area (Å²) in [6.45, 7) is 4.62. The maximum Gasteiger partial charge on any atom is 0.258 e. The number of ether oxygens (including phenoxy) is 1. The average Bonchev–Trinajstić information content (AvgIpc) is 2.68. The number of nitrogens with zero attached hydrogens (tertiary/aromatic N) is 1. The number of benzene rings is 2. The van der Waals surface area contributed by atoms with Crippen molar-refractivity contribution in [3.05, 3.63) is 59.4 Å². The molecule has 6 heteroatoms. The van der Waals surface area contributed by atoms with Gasteiger partial charge in [0.15, 0.2) is 12.4 Å². The lowest BCUT2D eigenvalue weighted by Gasteiger charge is -2.35. The Labute approximate surface area is 164 Å². The van der Waals surface area contributed by atoms with Crippen molar-refractivity contribution >= 4 is 17.4 Å². The van der Waals surface area contributed by atoms with Gasteiger partial charge >= 0.3 is 0 Å². The smallest absolute Gasteiger partial charge is 0.258 e. The number of rotatable bonds is 6. The maximum atomic E-state index is 14.2. The van der Waals surface area contributed by atoms with Crippen LogP contribution in [-0.2, 0) is 4.79 Å². The monoisotopic (exact) mass is 384 g/mol. The Bertz CT molecular complexity index is 869. The first-order chi connectivity index (χ1) is 13.4. The molecule has 0 spiro atoms. The molecule has 2 aromatic rings. The number of piperidine rings is 1. The summed E-state index contributed by atoms with van der Waals surface area (Å²) < 4.78 is 19.7. The van der Waals surface area contributed by atoms with Crippen molar-refractivity contribution in [2.45, 2.75) is 32.7 Å². The minimum atomic E-state index is -0.244. The molecular weight excluding hydrogens is 359 g/mol. The van der Waals surface area contributed by atoms with E-state index < -0.39 is 0 Å². The molecule has 1 atom stereocenters. The normalized spacial score (nSPS) is 16.5. The zero-order chi connectivity index (χ0) is 20.1. The van der Waals surface area contributed by atoms with Gasteiger partial charge in [0, 0.05) is 24.7 Å². The van der Waals surface area contributed by atoms with Crippen molar-refractivity contribution in [1.82, 2.24) is 5.32 Å². The quantitative estimate of drug-likeness (QED) is 0.775. The van der Waals surface area contributed by atoms with Gasteiger partial charge in [0.1, 0.15) is 11.6 Å². The molecule has 0 radical (unpaired) electrons. The molecule has 1 fully saturated rings. The van der Waals surface area contributed by atoms with E-state index in [1.165, 1.54) is 13.0 Å². The summed E-state index contributed by atoms with van der Waals surface area (Å²) in [6, 6.07) is 11.8. The zero-order valence-electron chi connectivity index (χ0n) is 16.2. The van der Waals surface area contributed by atoms with Crippen LogP contribution in [-0.4, -0.2) is 37.4 Å². The molecule has 2 aromatic carbocycles. The molecule has 0 bridgehead atoms. The lowest BCUT2D eigenvalue weighted by molar-refractivity contribution is -0.123. The Morgan fingerprint density at radius 2 is 2.07 bits per heavy atom. The number of Topliss-reactive ketones (excluding diaryl/α,β-unsaturated/α-hetero) is 1. The third-order valence-corrected chi connectivity index (χ3v) is 4.84. The summed E-state index contributed by atoms with van der Waals surface area (Å²) in [7, 11) is 0.